The summed E-state index contributed by atoms with van der Waals surface area (Å²) in [4.78, 5) is 0. The Bertz CT molecular complexity index is 349. The summed E-state index contributed by atoms with van der Waals surface area (Å²) in [5, 5.41) is 28.2. The Hall–Kier alpha value is -1.95. The maximum Gasteiger partial charge on any atom is 0.270 e. The van der Waals surface area contributed by atoms with Crippen molar-refractivity contribution in [2.45, 2.75) is 0 Å². The number of aromatic amines is 2. The van der Waals surface area contributed by atoms with Crippen molar-refractivity contribution >= 4 is 22.7 Å². The zero-order valence-corrected chi connectivity index (χ0v) is 9.32. The van der Waals surface area contributed by atoms with Crippen molar-refractivity contribution in [3.05, 3.63) is 0 Å². The van der Waals surface area contributed by atoms with E-state index >= 15 is 0 Å². The Kier molecular flexibility index (Phi) is 6.46. The Balaban J connectivity index is 0.000000397. The highest BCUT2D eigenvalue weighted by molar-refractivity contribution is 7.83. The van der Waals surface area contributed by atoms with Crippen LogP contribution in [0.25, 0.3) is 0 Å². The highest BCUT2D eigenvalue weighted by Crippen LogP contribution is 1.99. The van der Waals surface area contributed by atoms with Crippen LogP contribution in [0.4, 0.5) is 11.9 Å². The van der Waals surface area contributed by atoms with Crippen LogP contribution in [0.5, 0.6) is 0 Å². The number of hydrogen-bond acceptors (Lipinski definition) is 8. The van der Waals surface area contributed by atoms with Gasteiger partial charge in [-0.3, -0.25) is 9.53 Å². The number of tetrazole rings is 2. The molecular formula is C4H11N9O2S. The van der Waals surface area contributed by atoms with E-state index in [0.717, 1.165) is 0 Å². The fraction of sp³-hybridized carbons (Fsp3) is 0.500. The molecule has 0 aliphatic carbocycles. The molecule has 0 fully saturated rings. The zero-order valence-electron chi connectivity index (χ0n) is 8.50. The van der Waals surface area contributed by atoms with Crippen molar-refractivity contribution < 1.29 is 9.69 Å². The predicted octanol–water partition coefficient (Wildman–Crippen LogP) is -2.37. The SMILES string of the molecule is CS(C)=O.O.n1nc(Nc2nn[nH]n2)n[nH]1. The molecule has 0 radical (unpaired) electrons. The van der Waals surface area contributed by atoms with Gasteiger partial charge in [-0.05, 0) is 10.4 Å². The molecule has 16 heavy (non-hydrogen) atoms. The van der Waals surface area contributed by atoms with Gasteiger partial charge in [0.05, 0.1) is 0 Å². The van der Waals surface area contributed by atoms with Crippen LogP contribution >= 0.6 is 0 Å². The third kappa shape index (κ3) is 5.71. The van der Waals surface area contributed by atoms with Crippen molar-refractivity contribution in [1.82, 2.24) is 41.2 Å². The molecule has 5 N–H and O–H groups in total. The van der Waals surface area contributed by atoms with Gasteiger partial charge in [-0.1, -0.05) is 10.2 Å². The van der Waals surface area contributed by atoms with Gasteiger partial charge in [-0.2, -0.15) is 10.4 Å². The van der Waals surface area contributed by atoms with Crippen LogP contribution < -0.4 is 5.32 Å². The summed E-state index contributed by atoms with van der Waals surface area (Å²) in [5.74, 6) is 0.595. The first-order valence-electron chi connectivity index (χ1n) is 3.67. The third-order valence-electron chi connectivity index (χ3n) is 0.914. The van der Waals surface area contributed by atoms with E-state index in [2.05, 4.69) is 46.6 Å². The first-order valence-corrected chi connectivity index (χ1v) is 5.64. The monoisotopic (exact) mass is 249 g/mol. The summed E-state index contributed by atoms with van der Waals surface area (Å²) in [5.41, 5.74) is 0. The summed E-state index contributed by atoms with van der Waals surface area (Å²) in [7, 11) is -0.611. The lowest BCUT2D eigenvalue weighted by molar-refractivity contribution is 0.690. The van der Waals surface area contributed by atoms with Crippen molar-refractivity contribution in [2.24, 2.45) is 0 Å². The van der Waals surface area contributed by atoms with Gasteiger partial charge in [-0.15, -0.1) is 10.2 Å². The van der Waals surface area contributed by atoms with Gasteiger partial charge in [-0.25, -0.2) is 0 Å². The maximum absolute atomic E-state index is 9.56. The highest BCUT2D eigenvalue weighted by Gasteiger charge is 2.00. The number of hydrogen-bond donors (Lipinski definition) is 3. The normalized spacial score (nSPS) is 8.94. The lowest BCUT2D eigenvalue weighted by atomic mass is 10.9. The minimum Gasteiger partial charge on any atom is -0.412 e. The van der Waals surface area contributed by atoms with Gasteiger partial charge in [0.2, 0.25) is 0 Å². The second-order valence-electron chi connectivity index (χ2n) is 2.34. The Morgan fingerprint density at radius 1 is 1.06 bits per heavy atom. The van der Waals surface area contributed by atoms with Gasteiger partial charge in [0.25, 0.3) is 11.9 Å². The maximum atomic E-state index is 9.56. The molecule has 0 spiro atoms. The van der Waals surface area contributed by atoms with Crippen LogP contribution in [0, 0.1) is 0 Å². The van der Waals surface area contributed by atoms with Crippen LogP contribution in [0.15, 0.2) is 0 Å². The average Bonchev–Trinajstić information content (AvgIpc) is 2.76. The van der Waals surface area contributed by atoms with Crippen LogP contribution in [0.1, 0.15) is 0 Å². The highest BCUT2D eigenvalue weighted by atomic mass is 32.2. The van der Waals surface area contributed by atoms with Crippen molar-refractivity contribution in [3.63, 3.8) is 0 Å². The molecule has 0 aliphatic heterocycles. The molecule has 0 saturated carbocycles. The van der Waals surface area contributed by atoms with Gasteiger partial charge in [0, 0.05) is 23.3 Å². The summed E-state index contributed by atoms with van der Waals surface area (Å²) >= 11 is 0. The summed E-state index contributed by atoms with van der Waals surface area (Å²) < 4.78 is 9.56. The van der Waals surface area contributed by atoms with E-state index in [9.17, 15) is 4.21 Å². The second kappa shape index (κ2) is 7.36. The molecule has 90 valence electrons. The molecule has 2 rings (SSSR count). The van der Waals surface area contributed by atoms with Crippen LogP contribution in [0.2, 0.25) is 0 Å². The molecule has 11 nitrogen and oxygen atoms in total. The predicted molar refractivity (Wildman–Crippen MR) is 55.2 cm³/mol. The zero-order chi connectivity index (χ0) is 11.1. The summed E-state index contributed by atoms with van der Waals surface area (Å²) in [6, 6.07) is 0. The van der Waals surface area contributed by atoms with Crippen molar-refractivity contribution in [2.75, 3.05) is 17.8 Å². The van der Waals surface area contributed by atoms with E-state index in [1.54, 1.807) is 12.5 Å². The van der Waals surface area contributed by atoms with E-state index < -0.39 is 10.8 Å². The Morgan fingerprint density at radius 3 is 1.69 bits per heavy atom. The first kappa shape index (κ1) is 14.1. The van der Waals surface area contributed by atoms with Crippen LogP contribution in [-0.2, 0) is 10.8 Å². The lowest BCUT2D eigenvalue weighted by Crippen LogP contribution is -1.94. The Labute approximate surface area is 92.2 Å². The minimum absolute atomic E-state index is 0. The average molecular weight is 249 g/mol. The molecular weight excluding hydrogens is 238 g/mol. The van der Waals surface area contributed by atoms with Gasteiger partial charge < -0.3 is 5.48 Å². The smallest absolute Gasteiger partial charge is 0.270 e. The lowest BCUT2D eigenvalue weighted by Gasteiger charge is -1.87. The minimum atomic E-state index is -0.611. The number of aromatic nitrogens is 8. The van der Waals surface area contributed by atoms with Gasteiger partial charge in [0.15, 0.2) is 0 Å². The summed E-state index contributed by atoms with van der Waals surface area (Å²) in [6.07, 6.45) is 3.28. The second-order valence-corrected chi connectivity index (χ2v) is 3.82. The van der Waals surface area contributed by atoms with E-state index in [1.165, 1.54) is 0 Å². The molecule has 0 amide bonds. The molecule has 0 unspecified atom stereocenters. The number of anilines is 2. The molecule has 0 atom stereocenters. The standard InChI is InChI=1S/C2H3N9.C2H6OS.H2O/c3(1-4-8-9-5-1)2-6-10-11-7-2;1-4(2)3;/h(H3,3,4,5,6,7,8,9,10,11);1-2H3;1H2. The first-order chi connectivity index (χ1) is 7.18. The number of rotatable bonds is 2. The van der Waals surface area contributed by atoms with Gasteiger partial charge >= 0.3 is 0 Å². The Morgan fingerprint density at radius 2 is 1.44 bits per heavy atom. The topological polar surface area (TPSA) is 170 Å². The molecule has 2 heterocycles. The number of nitrogens with one attached hydrogen (secondary N) is 3. The molecule has 12 heteroatoms. The molecule has 0 bridgehead atoms. The van der Waals surface area contributed by atoms with Crippen molar-refractivity contribution in [1.29, 1.82) is 0 Å². The fourth-order valence-corrected chi connectivity index (χ4v) is 0.530. The molecule has 0 aromatic carbocycles. The van der Waals surface area contributed by atoms with E-state index in [0.29, 0.717) is 11.9 Å². The van der Waals surface area contributed by atoms with E-state index in [-0.39, 0.29) is 5.48 Å². The van der Waals surface area contributed by atoms with Crippen molar-refractivity contribution in [3.8, 4) is 0 Å². The number of H-pyrrole nitrogens is 2. The largest absolute Gasteiger partial charge is 0.412 e. The molecule has 2 aromatic rings. The molecule has 2 aromatic heterocycles. The summed E-state index contributed by atoms with van der Waals surface area (Å²) in [6.45, 7) is 0. The van der Waals surface area contributed by atoms with Crippen LogP contribution in [0.3, 0.4) is 0 Å². The van der Waals surface area contributed by atoms with E-state index in [4.69, 9.17) is 0 Å². The third-order valence-corrected chi connectivity index (χ3v) is 0.914. The van der Waals surface area contributed by atoms with Gasteiger partial charge in [0.1, 0.15) is 0 Å². The molecule has 0 aliphatic rings. The quantitative estimate of drug-likeness (QED) is 0.529. The fourth-order valence-electron chi connectivity index (χ4n) is 0.530. The molecule has 0 saturated heterocycles. The van der Waals surface area contributed by atoms with E-state index in [1.807, 2.05) is 0 Å². The number of nitrogens with zero attached hydrogens (tertiary/aromatic N) is 6. The van der Waals surface area contributed by atoms with Crippen LogP contribution in [-0.4, -0.2) is 63.4 Å².